The van der Waals surface area contributed by atoms with E-state index in [9.17, 15) is 4.57 Å². The Morgan fingerprint density at radius 1 is 0.895 bits per heavy atom. The van der Waals surface area contributed by atoms with Crippen molar-refractivity contribution in [1.82, 2.24) is 0 Å². The first kappa shape index (κ1) is 23.9. The van der Waals surface area contributed by atoms with Gasteiger partial charge in [-0.05, 0) is 11.5 Å². The predicted molar refractivity (Wildman–Crippen MR) is 73.2 cm³/mol. The number of fused-ring (bicyclic) bond motifs is 1. The molecular weight excluding hydrogens is 303 g/mol. The number of benzene rings is 2. The number of phosphoric acid groups is 1. The van der Waals surface area contributed by atoms with E-state index in [2.05, 4.69) is 4.52 Å². The Morgan fingerprint density at radius 2 is 1.42 bits per heavy atom. The van der Waals surface area contributed by atoms with E-state index in [1.807, 2.05) is 18.2 Å². The molecule has 0 spiro atoms. The molecule has 8 N–H and O–H groups in total. The maximum Gasteiger partial charge on any atom is 0.524 e. The van der Waals surface area contributed by atoms with Crippen LogP contribution in [0.3, 0.4) is 0 Å². The zero-order valence-electron chi connectivity index (χ0n) is 9.91. The van der Waals surface area contributed by atoms with Gasteiger partial charge in [-0.1, -0.05) is 36.4 Å². The predicted octanol–water partition coefficient (Wildman–Crippen LogP) is -0.544. The zero-order valence-corrected chi connectivity index (χ0v) is 13.0. The van der Waals surface area contributed by atoms with Crippen LogP contribution in [0.15, 0.2) is 42.5 Å². The van der Waals surface area contributed by atoms with E-state index in [1.54, 1.807) is 18.2 Å². The molecule has 2 aromatic carbocycles. The van der Waals surface area contributed by atoms with Crippen molar-refractivity contribution in [2.75, 3.05) is 0 Å². The van der Waals surface area contributed by atoms with Gasteiger partial charge in [0.15, 0.2) is 0 Å². The molecule has 0 amide bonds. The standard InChI is InChI=1S/C10H9O4P.Ca.3H2O/c11-15(12,13)14-10-7-3-5-8-4-1-2-6-9(8)10;;;;/h1-7H,(H2,11,12,13);;3*1H2. The van der Waals surface area contributed by atoms with Crippen LogP contribution in [-0.4, -0.2) is 64.0 Å². The first-order chi connectivity index (χ1) is 7.06. The second-order valence-electron chi connectivity index (χ2n) is 3.06. The minimum atomic E-state index is -4.49. The van der Waals surface area contributed by atoms with Crippen molar-refractivity contribution in [2.45, 2.75) is 0 Å². The van der Waals surface area contributed by atoms with E-state index >= 15 is 0 Å². The van der Waals surface area contributed by atoms with Gasteiger partial charge in [0.25, 0.3) is 0 Å². The van der Waals surface area contributed by atoms with Crippen LogP contribution in [0.2, 0.25) is 0 Å². The molecule has 0 aliphatic heterocycles. The molecule has 0 unspecified atom stereocenters. The van der Waals surface area contributed by atoms with E-state index in [0.717, 1.165) is 5.39 Å². The van der Waals surface area contributed by atoms with Gasteiger partial charge in [-0.2, -0.15) is 0 Å². The van der Waals surface area contributed by atoms with Gasteiger partial charge in [-0.25, -0.2) is 4.57 Å². The summed E-state index contributed by atoms with van der Waals surface area (Å²) in [6.07, 6.45) is 0. The minimum Gasteiger partial charge on any atom is -0.412 e. The summed E-state index contributed by atoms with van der Waals surface area (Å²) in [5.74, 6) is 0.196. The van der Waals surface area contributed by atoms with E-state index in [0.29, 0.717) is 5.39 Å². The Kier molecular flexibility index (Phi) is 12.1. The fraction of sp³-hybridized carbons (Fsp3) is 0. The molecule has 2 aromatic rings. The first-order valence-electron chi connectivity index (χ1n) is 4.29. The van der Waals surface area contributed by atoms with E-state index < -0.39 is 7.82 Å². The van der Waals surface area contributed by atoms with Crippen LogP contribution in [-0.2, 0) is 4.57 Å². The second-order valence-corrected chi connectivity index (χ2v) is 4.22. The smallest absolute Gasteiger partial charge is 0.412 e. The zero-order chi connectivity index (χ0) is 10.9. The van der Waals surface area contributed by atoms with Crippen molar-refractivity contribution in [3.05, 3.63) is 42.5 Å². The van der Waals surface area contributed by atoms with E-state index in [4.69, 9.17) is 9.79 Å². The first-order valence-corrected chi connectivity index (χ1v) is 5.82. The van der Waals surface area contributed by atoms with Crippen LogP contribution in [0.1, 0.15) is 0 Å². The van der Waals surface area contributed by atoms with Gasteiger partial charge in [0.2, 0.25) is 0 Å². The van der Waals surface area contributed by atoms with Crippen LogP contribution in [0.5, 0.6) is 5.75 Å². The van der Waals surface area contributed by atoms with Crippen LogP contribution in [0.4, 0.5) is 0 Å². The molecule has 2 radical (unpaired) electrons. The SMILES string of the molecule is O.O.O.O=P(O)(O)Oc1cccc2ccccc12.[Ca]. The van der Waals surface area contributed by atoms with Gasteiger partial charge >= 0.3 is 7.82 Å². The summed E-state index contributed by atoms with van der Waals surface area (Å²) >= 11 is 0. The molecule has 0 aromatic heterocycles. The molecule has 19 heavy (non-hydrogen) atoms. The van der Waals surface area contributed by atoms with Crippen molar-refractivity contribution >= 4 is 56.3 Å². The summed E-state index contributed by atoms with van der Waals surface area (Å²) in [7, 11) is -4.49. The molecule has 0 saturated heterocycles. The van der Waals surface area contributed by atoms with Crippen molar-refractivity contribution in [3.63, 3.8) is 0 Å². The monoisotopic (exact) mass is 318 g/mol. The van der Waals surface area contributed by atoms with Gasteiger partial charge in [-0.3, -0.25) is 9.79 Å². The number of phosphoric ester groups is 1. The molecule has 7 nitrogen and oxygen atoms in total. The van der Waals surface area contributed by atoms with Gasteiger partial charge in [0, 0.05) is 43.1 Å². The Bertz CT molecular complexity index is 537. The van der Waals surface area contributed by atoms with E-state index in [-0.39, 0.29) is 59.9 Å². The average molecular weight is 318 g/mol. The number of hydrogen-bond acceptors (Lipinski definition) is 2. The quantitative estimate of drug-likeness (QED) is 0.561. The van der Waals surface area contributed by atoms with Crippen molar-refractivity contribution in [2.24, 2.45) is 0 Å². The maximum atomic E-state index is 10.7. The van der Waals surface area contributed by atoms with Gasteiger partial charge < -0.3 is 21.0 Å². The van der Waals surface area contributed by atoms with E-state index in [1.165, 1.54) is 6.07 Å². The molecule has 104 valence electrons. The third-order valence-electron chi connectivity index (χ3n) is 1.97. The average Bonchev–Trinajstić information content (AvgIpc) is 2.16. The van der Waals surface area contributed by atoms with Gasteiger partial charge in [0.05, 0.1) is 0 Å². The Hall–Kier alpha value is -0.210. The molecule has 0 heterocycles. The molecule has 0 aliphatic carbocycles. The van der Waals surface area contributed by atoms with Crippen LogP contribution in [0, 0.1) is 0 Å². The molecule has 0 saturated carbocycles. The molecule has 0 atom stereocenters. The second kappa shape index (κ2) is 9.66. The molecule has 0 fully saturated rings. The third-order valence-corrected chi connectivity index (χ3v) is 2.40. The normalized spacial score (nSPS) is 9.16. The van der Waals surface area contributed by atoms with Gasteiger partial charge in [-0.15, -0.1) is 0 Å². The van der Waals surface area contributed by atoms with Crippen LogP contribution < -0.4 is 4.52 Å². The Balaban J connectivity index is -0.000000640. The number of rotatable bonds is 2. The fourth-order valence-electron chi connectivity index (χ4n) is 1.40. The van der Waals surface area contributed by atoms with Crippen LogP contribution >= 0.6 is 7.82 Å². The fourth-order valence-corrected chi connectivity index (χ4v) is 1.82. The minimum absolute atomic E-state index is 0. The molecule has 2 rings (SSSR count). The largest absolute Gasteiger partial charge is 0.524 e. The Labute approximate surface area is 139 Å². The topological polar surface area (TPSA) is 161 Å². The molecule has 0 aliphatic rings. The summed E-state index contributed by atoms with van der Waals surface area (Å²) in [5.41, 5.74) is 0. The summed E-state index contributed by atoms with van der Waals surface area (Å²) in [6, 6.07) is 12.3. The summed E-state index contributed by atoms with van der Waals surface area (Å²) in [4.78, 5) is 17.4. The summed E-state index contributed by atoms with van der Waals surface area (Å²) in [5, 5.41) is 1.56. The Morgan fingerprint density at radius 3 is 2.00 bits per heavy atom. The number of hydrogen-bond donors (Lipinski definition) is 2. The maximum absolute atomic E-state index is 10.7. The van der Waals surface area contributed by atoms with Crippen molar-refractivity contribution < 1.29 is 35.3 Å². The third kappa shape index (κ3) is 6.67. The summed E-state index contributed by atoms with van der Waals surface area (Å²) in [6.45, 7) is 0. The molecule has 0 bridgehead atoms. The van der Waals surface area contributed by atoms with Crippen molar-refractivity contribution in [1.29, 1.82) is 0 Å². The molecule has 9 heteroatoms. The summed E-state index contributed by atoms with van der Waals surface area (Å²) < 4.78 is 15.3. The van der Waals surface area contributed by atoms with Gasteiger partial charge in [0.1, 0.15) is 5.75 Å². The van der Waals surface area contributed by atoms with Crippen LogP contribution in [0.25, 0.3) is 10.8 Å². The molecular formula is C10H15CaO7P. The van der Waals surface area contributed by atoms with Crippen molar-refractivity contribution in [3.8, 4) is 5.75 Å².